The Morgan fingerprint density at radius 1 is 1.20 bits per heavy atom. The molecule has 0 aromatic heterocycles. The number of rotatable bonds is 8. The SMILES string of the molecule is COC[C@@H](O)[C@@H](O)[C@H](OC)[C@@H](C=O)OC. The van der Waals surface area contributed by atoms with E-state index in [-0.39, 0.29) is 6.61 Å². The molecule has 0 aromatic carbocycles. The summed E-state index contributed by atoms with van der Waals surface area (Å²) in [5.41, 5.74) is 0. The zero-order chi connectivity index (χ0) is 11.8. The van der Waals surface area contributed by atoms with Crippen molar-refractivity contribution in [3.05, 3.63) is 0 Å². The fourth-order valence-corrected chi connectivity index (χ4v) is 1.22. The highest BCUT2D eigenvalue weighted by molar-refractivity contribution is 5.57. The molecule has 0 amide bonds. The third kappa shape index (κ3) is 4.23. The van der Waals surface area contributed by atoms with Crippen LogP contribution in [0.25, 0.3) is 0 Å². The van der Waals surface area contributed by atoms with Gasteiger partial charge in [-0.2, -0.15) is 0 Å². The van der Waals surface area contributed by atoms with Crippen LogP contribution < -0.4 is 0 Å². The fraction of sp³-hybridized carbons (Fsp3) is 0.889. The molecule has 0 spiro atoms. The van der Waals surface area contributed by atoms with Gasteiger partial charge in [0, 0.05) is 21.3 Å². The van der Waals surface area contributed by atoms with Gasteiger partial charge in [-0.1, -0.05) is 0 Å². The molecule has 0 fully saturated rings. The zero-order valence-electron chi connectivity index (χ0n) is 9.12. The lowest BCUT2D eigenvalue weighted by Gasteiger charge is -2.28. The number of ether oxygens (including phenoxy) is 3. The lowest BCUT2D eigenvalue weighted by molar-refractivity contribution is -0.149. The molecule has 0 radical (unpaired) electrons. The minimum absolute atomic E-state index is 0.0453. The molecule has 0 aliphatic rings. The van der Waals surface area contributed by atoms with Gasteiger partial charge in [-0.15, -0.1) is 0 Å². The Morgan fingerprint density at radius 2 is 1.80 bits per heavy atom. The van der Waals surface area contributed by atoms with Crippen LogP contribution in [0, 0.1) is 0 Å². The van der Waals surface area contributed by atoms with E-state index in [9.17, 15) is 15.0 Å². The maximum atomic E-state index is 10.6. The molecule has 0 saturated heterocycles. The molecule has 0 aliphatic carbocycles. The van der Waals surface area contributed by atoms with Gasteiger partial charge in [0.2, 0.25) is 0 Å². The highest BCUT2D eigenvalue weighted by atomic mass is 16.5. The first-order valence-corrected chi connectivity index (χ1v) is 4.48. The van der Waals surface area contributed by atoms with Crippen molar-refractivity contribution >= 4 is 6.29 Å². The number of methoxy groups -OCH3 is 3. The summed E-state index contributed by atoms with van der Waals surface area (Å²) in [5.74, 6) is 0. The average Bonchev–Trinajstić information content (AvgIpc) is 2.25. The molecule has 0 aromatic rings. The van der Waals surface area contributed by atoms with Crippen molar-refractivity contribution < 1.29 is 29.2 Å². The molecule has 90 valence electrons. The van der Waals surface area contributed by atoms with E-state index in [2.05, 4.69) is 4.74 Å². The predicted octanol–water partition coefficient (Wildman–Crippen LogP) is -1.42. The van der Waals surface area contributed by atoms with Crippen LogP contribution >= 0.6 is 0 Å². The van der Waals surface area contributed by atoms with E-state index in [1.54, 1.807) is 0 Å². The van der Waals surface area contributed by atoms with Crippen LogP contribution in [0.5, 0.6) is 0 Å². The summed E-state index contributed by atoms with van der Waals surface area (Å²) in [4.78, 5) is 10.6. The van der Waals surface area contributed by atoms with Gasteiger partial charge in [-0.3, -0.25) is 0 Å². The first kappa shape index (κ1) is 14.5. The Balaban J connectivity index is 4.43. The summed E-state index contributed by atoms with van der Waals surface area (Å²) in [7, 11) is 4.04. The largest absolute Gasteiger partial charge is 0.388 e. The summed E-state index contributed by atoms with van der Waals surface area (Å²) < 4.78 is 14.4. The normalized spacial score (nSPS) is 19.3. The van der Waals surface area contributed by atoms with E-state index in [1.807, 2.05) is 0 Å². The molecule has 0 rings (SSSR count). The van der Waals surface area contributed by atoms with E-state index in [0.717, 1.165) is 0 Å². The van der Waals surface area contributed by atoms with Gasteiger partial charge in [0.05, 0.1) is 6.61 Å². The molecule has 2 N–H and O–H groups in total. The third-order valence-electron chi connectivity index (χ3n) is 2.07. The summed E-state index contributed by atoms with van der Waals surface area (Å²) in [5, 5.41) is 19.1. The quantitative estimate of drug-likeness (QED) is 0.490. The monoisotopic (exact) mass is 222 g/mol. The highest BCUT2D eigenvalue weighted by Gasteiger charge is 2.33. The zero-order valence-corrected chi connectivity index (χ0v) is 9.12. The first-order chi connectivity index (χ1) is 7.12. The standard InChI is InChI=1S/C9H18O6/c1-13-5-6(11)8(12)9(15-3)7(4-10)14-2/h4,6-9,11-12H,5H2,1-3H3/t6-,7-,8-,9-/m1/s1. The van der Waals surface area contributed by atoms with Crippen LogP contribution in [0.4, 0.5) is 0 Å². The second kappa shape index (κ2) is 7.72. The number of carbonyl (C=O) groups is 1. The van der Waals surface area contributed by atoms with Crippen LogP contribution in [0.3, 0.4) is 0 Å². The number of carbonyl (C=O) groups excluding carboxylic acids is 1. The molecule has 0 aliphatic heterocycles. The lowest BCUT2D eigenvalue weighted by atomic mass is 10.0. The van der Waals surface area contributed by atoms with Crippen molar-refractivity contribution in [2.75, 3.05) is 27.9 Å². The van der Waals surface area contributed by atoms with E-state index in [0.29, 0.717) is 6.29 Å². The van der Waals surface area contributed by atoms with Crippen LogP contribution in [0.2, 0.25) is 0 Å². The van der Waals surface area contributed by atoms with Gasteiger partial charge in [0.15, 0.2) is 6.29 Å². The number of hydrogen-bond acceptors (Lipinski definition) is 6. The van der Waals surface area contributed by atoms with Crippen LogP contribution in [0.15, 0.2) is 0 Å². The number of hydrogen-bond donors (Lipinski definition) is 2. The van der Waals surface area contributed by atoms with Crippen molar-refractivity contribution in [2.45, 2.75) is 24.4 Å². The van der Waals surface area contributed by atoms with Crippen LogP contribution in [-0.2, 0) is 19.0 Å². The molecule has 0 saturated carbocycles. The van der Waals surface area contributed by atoms with Crippen LogP contribution in [-0.4, -0.2) is 68.9 Å². The van der Waals surface area contributed by atoms with Gasteiger partial charge in [0.1, 0.15) is 24.4 Å². The smallest absolute Gasteiger partial charge is 0.151 e. The molecule has 4 atom stereocenters. The van der Waals surface area contributed by atoms with Crippen molar-refractivity contribution in [1.82, 2.24) is 0 Å². The fourth-order valence-electron chi connectivity index (χ4n) is 1.22. The number of aliphatic hydroxyl groups excluding tert-OH is 2. The average molecular weight is 222 g/mol. The summed E-state index contributed by atoms with van der Waals surface area (Å²) in [6.07, 6.45) is -3.70. The van der Waals surface area contributed by atoms with Crippen molar-refractivity contribution in [1.29, 1.82) is 0 Å². The second-order valence-corrected chi connectivity index (χ2v) is 3.05. The lowest BCUT2D eigenvalue weighted by Crippen LogP contribution is -2.48. The van der Waals surface area contributed by atoms with Crippen molar-refractivity contribution in [3.8, 4) is 0 Å². The summed E-state index contributed by atoms with van der Waals surface area (Å²) in [6.45, 7) is -0.0453. The molecular weight excluding hydrogens is 204 g/mol. The Bertz CT molecular complexity index is 174. The number of aldehydes is 1. The van der Waals surface area contributed by atoms with Gasteiger partial charge in [-0.05, 0) is 0 Å². The van der Waals surface area contributed by atoms with E-state index in [1.165, 1.54) is 21.3 Å². The molecule has 0 heterocycles. The second-order valence-electron chi connectivity index (χ2n) is 3.05. The highest BCUT2D eigenvalue weighted by Crippen LogP contribution is 2.10. The maximum Gasteiger partial charge on any atom is 0.151 e. The minimum atomic E-state index is -1.25. The van der Waals surface area contributed by atoms with E-state index in [4.69, 9.17) is 9.47 Å². The number of aliphatic hydroxyl groups is 2. The van der Waals surface area contributed by atoms with Crippen LogP contribution in [0.1, 0.15) is 0 Å². The van der Waals surface area contributed by atoms with Gasteiger partial charge >= 0.3 is 0 Å². The Labute approximate surface area is 88.7 Å². The van der Waals surface area contributed by atoms with Gasteiger partial charge in [-0.25, -0.2) is 0 Å². The summed E-state index contributed by atoms with van der Waals surface area (Å²) in [6, 6.07) is 0. The maximum absolute atomic E-state index is 10.6. The molecule has 6 heteroatoms. The molecule has 15 heavy (non-hydrogen) atoms. The molecule has 0 unspecified atom stereocenters. The minimum Gasteiger partial charge on any atom is -0.388 e. The Morgan fingerprint density at radius 3 is 2.13 bits per heavy atom. The Hall–Kier alpha value is -0.530. The predicted molar refractivity (Wildman–Crippen MR) is 51.5 cm³/mol. The molecule has 0 bridgehead atoms. The van der Waals surface area contributed by atoms with Gasteiger partial charge < -0.3 is 29.2 Å². The first-order valence-electron chi connectivity index (χ1n) is 4.48. The van der Waals surface area contributed by atoms with E-state index < -0.39 is 24.4 Å². The topological polar surface area (TPSA) is 85.2 Å². The van der Waals surface area contributed by atoms with Gasteiger partial charge in [0.25, 0.3) is 0 Å². The summed E-state index contributed by atoms with van der Waals surface area (Å²) >= 11 is 0. The molecular formula is C9H18O6. The van der Waals surface area contributed by atoms with Crippen molar-refractivity contribution in [3.63, 3.8) is 0 Å². The Kier molecular flexibility index (Phi) is 7.45. The van der Waals surface area contributed by atoms with E-state index >= 15 is 0 Å². The van der Waals surface area contributed by atoms with Crippen molar-refractivity contribution in [2.24, 2.45) is 0 Å². The third-order valence-corrected chi connectivity index (χ3v) is 2.07. The molecule has 6 nitrogen and oxygen atoms in total.